The van der Waals surface area contributed by atoms with Crippen molar-refractivity contribution in [3.8, 4) is 5.75 Å². The summed E-state index contributed by atoms with van der Waals surface area (Å²) in [4.78, 5) is 12.4. The number of carbonyl (C=O) groups is 1. The molecule has 1 amide bonds. The molecule has 0 bridgehead atoms. The second kappa shape index (κ2) is 6.36. The lowest BCUT2D eigenvalue weighted by Gasteiger charge is -2.24. The molecule has 126 valence electrons. The summed E-state index contributed by atoms with van der Waals surface area (Å²) in [6, 6.07) is 10.2. The molecule has 1 N–H and O–H groups in total. The van der Waals surface area contributed by atoms with E-state index in [0.717, 1.165) is 29.5 Å². The highest BCUT2D eigenvalue weighted by Gasteiger charge is 2.32. The van der Waals surface area contributed by atoms with E-state index in [9.17, 15) is 18.0 Å². The second-order valence-corrected chi connectivity index (χ2v) is 5.91. The summed E-state index contributed by atoms with van der Waals surface area (Å²) < 4.78 is 43.9. The number of nitrogens with one attached hydrogen (secondary N) is 1. The van der Waals surface area contributed by atoms with E-state index in [4.69, 9.17) is 16.3 Å². The number of ether oxygens (including phenoxy) is 1. The number of para-hydroxylation sites is 1. The summed E-state index contributed by atoms with van der Waals surface area (Å²) in [7, 11) is 0. The van der Waals surface area contributed by atoms with Gasteiger partial charge in [-0.15, -0.1) is 0 Å². The van der Waals surface area contributed by atoms with Crippen molar-refractivity contribution in [2.24, 2.45) is 5.92 Å². The fraction of sp³-hybridized carbons (Fsp3) is 0.235. The van der Waals surface area contributed by atoms with Crippen molar-refractivity contribution < 1.29 is 22.7 Å². The largest absolute Gasteiger partial charge is 0.492 e. The van der Waals surface area contributed by atoms with E-state index in [-0.39, 0.29) is 17.3 Å². The number of fused-ring (bicyclic) bond motifs is 1. The van der Waals surface area contributed by atoms with Crippen molar-refractivity contribution in [2.45, 2.75) is 12.6 Å². The molecule has 1 aliphatic rings. The van der Waals surface area contributed by atoms with Gasteiger partial charge >= 0.3 is 6.18 Å². The van der Waals surface area contributed by atoms with Crippen LogP contribution < -0.4 is 10.1 Å². The fourth-order valence-corrected chi connectivity index (χ4v) is 2.69. The van der Waals surface area contributed by atoms with Crippen LogP contribution in [0.3, 0.4) is 0 Å². The summed E-state index contributed by atoms with van der Waals surface area (Å²) in [6.07, 6.45) is -4.05. The minimum Gasteiger partial charge on any atom is -0.492 e. The lowest BCUT2D eigenvalue weighted by Crippen LogP contribution is -2.32. The second-order valence-electron chi connectivity index (χ2n) is 5.50. The van der Waals surface area contributed by atoms with Gasteiger partial charge in [-0.05, 0) is 36.2 Å². The van der Waals surface area contributed by atoms with Crippen LogP contribution in [-0.4, -0.2) is 12.5 Å². The Morgan fingerprint density at radius 1 is 1.21 bits per heavy atom. The summed E-state index contributed by atoms with van der Waals surface area (Å²) in [5.74, 6) is -0.199. The minimum atomic E-state index is -4.50. The van der Waals surface area contributed by atoms with Gasteiger partial charge in [-0.2, -0.15) is 13.2 Å². The molecule has 0 saturated carbocycles. The number of hydrogen-bond acceptors (Lipinski definition) is 2. The van der Waals surface area contributed by atoms with E-state index < -0.39 is 23.6 Å². The average molecular weight is 356 g/mol. The monoisotopic (exact) mass is 355 g/mol. The number of anilines is 1. The molecule has 0 fully saturated rings. The molecule has 0 aromatic heterocycles. The van der Waals surface area contributed by atoms with Crippen LogP contribution in [0.25, 0.3) is 0 Å². The molecule has 0 spiro atoms. The minimum absolute atomic E-state index is 0.0495. The van der Waals surface area contributed by atoms with Crippen molar-refractivity contribution in [3.05, 3.63) is 58.6 Å². The fourth-order valence-electron chi connectivity index (χ4n) is 2.53. The van der Waals surface area contributed by atoms with Crippen molar-refractivity contribution in [1.29, 1.82) is 0 Å². The van der Waals surface area contributed by atoms with Crippen LogP contribution in [0.1, 0.15) is 11.1 Å². The Labute approximate surface area is 141 Å². The topological polar surface area (TPSA) is 38.3 Å². The molecule has 1 aliphatic heterocycles. The van der Waals surface area contributed by atoms with E-state index in [1.165, 1.54) is 0 Å². The average Bonchev–Trinajstić information content (AvgIpc) is 2.55. The molecular formula is C17H13ClF3NO2. The van der Waals surface area contributed by atoms with Crippen molar-refractivity contribution in [1.82, 2.24) is 0 Å². The lowest BCUT2D eigenvalue weighted by atomic mass is 9.96. The lowest BCUT2D eigenvalue weighted by molar-refractivity contribution is -0.137. The molecule has 2 aromatic rings. The van der Waals surface area contributed by atoms with Crippen LogP contribution in [0, 0.1) is 5.92 Å². The van der Waals surface area contributed by atoms with E-state index in [1.54, 1.807) is 0 Å². The first kappa shape index (κ1) is 16.6. The van der Waals surface area contributed by atoms with Gasteiger partial charge < -0.3 is 10.1 Å². The maximum atomic E-state index is 12.8. The molecule has 0 saturated heterocycles. The quantitative estimate of drug-likeness (QED) is 0.858. The summed E-state index contributed by atoms with van der Waals surface area (Å²) in [5.41, 5.74) is -0.0400. The number of rotatable bonds is 2. The van der Waals surface area contributed by atoms with Gasteiger partial charge in [0.1, 0.15) is 12.4 Å². The van der Waals surface area contributed by atoms with Crippen molar-refractivity contribution >= 4 is 23.2 Å². The highest BCUT2D eigenvalue weighted by molar-refractivity contribution is 6.33. The smallest absolute Gasteiger partial charge is 0.416 e. The molecule has 3 rings (SSSR count). The maximum absolute atomic E-state index is 12.8. The van der Waals surface area contributed by atoms with Gasteiger partial charge in [-0.1, -0.05) is 29.8 Å². The molecule has 7 heteroatoms. The van der Waals surface area contributed by atoms with Gasteiger partial charge in [0.25, 0.3) is 0 Å². The van der Waals surface area contributed by atoms with Crippen molar-refractivity contribution in [3.63, 3.8) is 0 Å². The number of halogens is 4. The Hall–Kier alpha value is -2.21. The van der Waals surface area contributed by atoms with Crippen molar-refractivity contribution in [2.75, 3.05) is 11.9 Å². The molecular weight excluding hydrogens is 343 g/mol. The van der Waals surface area contributed by atoms with Gasteiger partial charge in [0, 0.05) is 0 Å². The molecule has 0 unspecified atom stereocenters. The Kier molecular flexibility index (Phi) is 4.41. The first-order valence-corrected chi connectivity index (χ1v) is 7.60. The molecule has 1 heterocycles. The Bertz CT molecular complexity index is 777. The third kappa shape index (κ3) is 3.48. The number of hydrogen-bond donors (Lipinski definition) is 1. The van der Waals surface area contributed by atoms with Crippen LogP contribution in [-0.2, 0) is 17.4 Å². The highest BCUT2D eigenvalue weighted by Crippen LogP contribution is 2.34. The molecule has 0 radical (unpaired) electrons. The standard InChI is InChI=1S/C17H13ClF3NO2/c18-13-6-5-12(17(19,20)21)8-14(13)22-16(23)11-7-10-3-1-2-4-15(10)24-9-11/h1-6,8,11H,7,9H2,(H,22,23)/t11-/m1/s1. The van der Waals surface area contributed by atoms with Crippen LogP contribution >= 0.6 is 11.6 Å². The number of carbonyl (C=O) groups excluding carboxylic acids is 1. The Morgan fingerprint density at radius 3 is 2.71 bits per heavy atom. The Balaban J connectivity index is 1.76. The van der Waals surface area contributed by atoms with E-state index in [1.807, 2.05) is 24.3 Å². The zero-order valence-electron chi connectivity index (χ0n) is 12.4. The number of alkyl halides is 3. The van der Waals surface area contributed by atoms with Gasteiger partial charge in [0.2, 0.25) is 5.91 Å². The van der Waals surface area contributed by atoms with Gasteiger partial charge in [0.15, 0.2) is 0 Å². The molecule has 0 aliphatic carbocycles. The molecule has 3 nitrogen and oxygen atoms in total. The molecule has 24 heavy (non-hydrogen) atoms. The third-order valence-corrected chi connectivity index (χ3v) is 4.13. The van der Waals surface area contributed by atoms with E-state index >= 15 is 0 Å². The summed E-state index contributed by atoms with van der Waals surface area (Å²) >= 11 is 5.90. The van der Waals surface area contributed by atoms with Crippen LogP contribution in [0.15, 0.2) is 42.5 Å². The van der Waals surface area contributed by atoms with Crippen LogP contribution in [0.5, 0.6) is 5.75 Å². The summed E-state index contributed by atoms with van der Waals surface area (Å²) in [5, 5.41) is 2.52. The Morgan fingerprint density at radius 2 is 1.96 bits per heavy atom. The SMILES string of the molecule is O=C(Nc1cc(C(F)(F)F)ccc1Cl)[C@H]1COc2ccccc2C1. The highest BCUT2D eigenvalue weighted by atomic mass is 35.5. The van der Waals surface area contributed by atoms with E-state index in [2.05, 4.69) is 5.32 Å². The first-order valence-electron chi connectivity index (χ1n) is 7.23. The zero-order chi connectivity index (χ0) is 17.3. The molecule has 2 aromatic carbocycles. The first-order chi connectivity index (χ1) is 11.3. The summed E-state index contributed by atoms with van der Waals surface area (Å²) in [6.45, 7) is 0.166. The van der Waals surface area contributed by atoms with Crippen LogP contribution in [0.2, 0.25) is 5.02 Å². The van der Waals surface area contributed by atoms with Gasteiger partial charge in [-0.25, -0.2) is 0 Å². The normalized spacial score (nSPS) is 16.9. The van der Waals surface area contributed by atoms with Gasteiger partial charge in [0.05, 0.1) is 22.2 Å². The third-order valence-electron chi connectivity index (χ3n) is 3.80. The predicted octanol–water partition coefficient (Wildman–Crippen LogP) is 4.55. The molecule has 1 atom stereocenters. The number of benzene rings is 2. The van der Waals surface area contributed by atoms with Crippen LogP contribution in [0.4, 0.5) is 18.9 Å². The zero-order valence-corrected chi connectivity index (χ0v) is 13.1. The maximum Gasteiger partial charge on any atom is 0.416 e. The predicted molar refractivity (Wildman–Crippen MR) is 84.2 cm³/mol. The van der Waals surface area contributed by atoms with Gasteiger partial charge in [-0.3, -0.25) is 4.79 Å². The number of amides is 1. The van der Waals surface area contributed by atoms with E-state index in [0.29, 0.717) is 6.42 Å².